The molecular weight excluding hydrogens is 306 g/mol. The molecule has 1 aromatic carbocycles. The van der Waals surface area contributed by atoms with E-state index in [9.17, 15) is 0 Å². The maximum Gasteiger partial charge on any atom is 0.0571 e. The molecule has 2 heteroatoms. The number of nitrogens with zero attached hydrogens (tertiary/aromatic N) is 1. The van der Waals surface area contributed by atoms with Gasteiger partial charge in [0.05, 0.1) is 6.54 Å². The molecule has 0 saturated carbocycles. The molecule has 0 unspecified atom stereocenters. The lowest BCUT2D eigenvalue weighted by Gasteiger charge is -2.16. The van der Waals surface area contributed by atoms with Crippen LogP contribution in [0.5, 0.6) is 0 Å². The van der Waals surface area contributed by atoms with E-state index in [4.69, 9.17) is 4.74 Å². The molecule has 0 atom stereocenters. The number of rotatable bonds is 11. The van der Waals surface area contributed by atoms with E-state index >= 15 is 0 Å². The maximum absolute atomic E-state index is 5.57. The van der Waals surface area contributed by atoms with Gasteiger partial charge in [-0.1, -0.05) is 37.8 Å². The topological polar surface area (TPSA) is 21.6 Å². The van der Waals surface area contributed by atoms with Crippen LogP contribution in [0, 0.1) is 6.92 Å². The zero-order valence-corrected chi connectivity index (χ0v) is 16.5. The van der Waals surface area contributed by atoms with E-state index in [0.717, 1.165) is 60.5 Å². The van der Waals surface area contributed by atoms with Gasteiger partial charge in [0, 0.05) is 24.5 Å². The van der Waals surface area contributed by atoms with Gasteiger partial charge in [0.15, 0.2) is 0 Å². The van der Waals surface area contributed by atoms with E-state index in [-0.39, 0.29) is 0 Å². The lowest BCUT2D eigenvalue weighted by molar-refractivity contribution is 0.133. The smallest absolute Gasteiger partial charge is 0.0571 e. The summed E-state index contributed by atoms with van der Waals surface area (Å²) in [5, 5.41) is 0. The molecule has 1 aromatic rings. The van der Waals surface area contributed by atoms with Crippen molar-refractivity contribution in [3.63, 3.8) is 0 Å². The highest BCUT2D eigenvalue weighted by Crippen LogP contribution is 2.28. The SMILES string of the molecule is C=CC/N=C(/C)c1cc(C(=C)CCCOCCC)c(C)cc1C(=C)C. The molecule has 0 amide bonds. The first-order valence-corrected chi connectivity index (χ1v) is 9.11. The third kappa shape index (κ3) is 6.47. The Kier molecular flexibility index (Phi) is 9.15. The number of ether oxygens (including phenoxy) is 1. The number of aryl methyl sites for hydroxylation is 1. The van der Waals surface area contributed by atoms with Gasteiger partial charge in [-0.05, 0) is 68.4 Å². The second kappa shape index (κ2) is 10.8. The third-order valence-electron chi connectivity index (χ3n) is 4.17. The number of benzene rings is 1. The lowest BCUT2D eigenvalue weighted by atomic mass is 9.89. The van der Waals surface area contributed by atoms with Crippen LogP contribution in [-0.2, 0) is 4.74 Å². The molecule has 0 radical (unpaired) electrons. The minimum absolute atomic E-state index is 0.625. The molecule has 0 spiro atoms. The van der Waals surface area contributed by atoms with Gasteiger partial charge in [0.1, 0.15) is 0 Å². The zero-order valence-electron chi connectivity index (χ0n) is 16.5. The zero-order chi connectivity index (χ0) is 18.8. The summed E-state index contributed by atoms with van der Waals surface area (Å²) in [5.41, 5.74) is 7.96. The third-order valence-corrected chi connectivity index (χ3v) is 4.17. The van der Waals surface area contributed by atoms with Gasteiger partial charge in [-0.25, -0.2) is 0 Å². The molecule has 136 valence electrons. The van der Waals surface area contributed by atoms with Gasteiger partial charge in [0.2, 0.25) is 0 Å². The fourth-order valence-corrected chi connectivity index (χ4v) is 2.80. The summed E-state index contributed by atoms with van der Waals surface area (Å²) in [6.07, 6.45) is 4.82. The first-order chi connectivity index (χ1) is 11.9. The molecule has 0 aliphatic rings. The Morgan fingerprint density at radius 2 is 1.84 bits per heavy atom. The average molecular weight is 340 g/mol. The van der Waals surface area contributed by atoms with Crippen molar-refractivity contribution in [2.75, 3.05) is 19.8 Å². The van der Waals surface area contributed by atoms with Crippen molar-refractivity contribution >= 4 is 16.9 Å². The highest BCUT2D eigenvalue weighted by Gasteiger charge is 2.12. The van der Waals surface area contributed by atoms with Gasteiger partial charge in [0.25, 0.3) is 0 Å². The predicted molar refractivity (Wildman–Crippen MR) is 113 cm³/mol. The van der Waals surface area contributed by atoms with Gasteiger partial charge >= 0.3 is 0 Å². The van der Waals surface area contributed by atoms with Gasteiger partial charge in [-0.3, -0.25) is 4.99 Å². The fraction of sp³-hybridized carbons (Fsp3) is 0.435. The van der Waals surface area contributed by atoms with Crippen molar-refractivity contribution in [2.45, 2.75) is 47.0 Å². The lowest BCUT2D eigenvalue weighted by Crippen LogP contribution is -2.04. The van der Waals surface area contributed by atoms with Crippen molar-refractivity contribution < 1.29 is 4.74 Å². The summed E-state index contributed by atoms with van der Waals surface area (Å²) in [6, 6.07) is 4.43. The number of allylic oxidation sites excluding steroid dienone is 2. The summed E-state index contributed by atoms with van der Waals surface area (Å²) in [6.45, 7) is 22.8. The number of hydrogen-bond acceptors (Lipinski definition) is 2. The van der Waals surface area contributed by atoms with Crippen LogP contribution in [0.1, 0.15) is 62.3 Å². The first kappa shape index (κ1) is 21.1. The van der Waals surface area contributed by atoms with E-state index in [1.54, 1.807) is 0 Å². The number of aliphatic imine (C=N–C) groups is 1. The summed E-state index contributed by atoms with van der Waals surface area (Å²) in [5.74, 6) is 0. The minimum Gasteiger partial charge on any atom is -0.381 e. The largest absolute Gasteiger partial charge is 0.381 e. The van der Waals surface area contributed by atoms with Gasteiger partial charge < -0.3 is 4.74 Å². The summed E-state index contributed by atoms with van der Waals surface area (Å²) in [7, 11) is 0. The monoisotopic (exact) mass is 339 g/mol. The van der Waals surface area contributed by atoms with Crippen molar-refractivity contribution in [2.24, 2.45) is 4.99 Å². The summed E-state index contributed by atoms with van der Waals surface area (Å²) >= 11 is 0. The van der Waals surface area contributed by atoms with E-state index < -0.39 is 0 Å². The molecule has 1 rings (SSSR count). The standard InChI is InChI=1S/C23H33NO/c1-8-12-24-20(7)23-16-22(19(6)15-21(23)17(3)4)18(5)11-10-14-25-13-9-2/h8,15-16H,1,3,5,9-14H2,2,4,6-7H3/b24-20-. The van der Waals surface area contributed by atoms with Crippen LogP contribution in [0.25, 0.3) is 11.1 Å². The Balaban J connectivity index is 3.06. The molecule has 0 N–H and O–H groups in total. The molecule has 0 aliphatic heterocycles. The van der Waals surface area contributed by atoms with Crippen LogP contribution < -0.4 is 0 Å². The van der Waals surface area contributed by atoms with Crippen LogP contribution in [0.3, 0.4) is 0 Å². The highest BCUT2D eigenvalue weighted by molar-refractivity contribution is 6.03. The Bertz CT molecular complexity index is 652. The predicted octanol–water partition coefficient (Wildman–Crippen LogP) is 6.24. The van der Waals surface area contributed by atoms with E-state index in [2.05, 4.69) is 50.7 Å². The molecule has 25 heavy (non-hydrogen) atoms. The van der Waals surface area contributed by atoms with E-state index in [1.165, 1.54) is 11.1 Å². The first-order valence-electron chi connectivity index (χ1n) is 9.11. The van der Waals surface area contributed by atoms with Gasteiger partial charge in [-0.2, -0.15) is 0 Å². The quantitative estimate of drug-likeness (QED) is 0.265. The van der Waals surface area contributed by atoms with E-state index in [0.29, 0.717) is 6.54 Å². The van der Waals surface area contributed by atoms with Crippen LogP contribution in [0.2, 0.25) is 0 Å². The summed E-state index contributed by atoms with van der Waals surface area (Å²) in [4.78, 5) is 4.59. The highest BCUT2D eigenvalue weighted by atomic mass is 16.5. The van der Waals surface area contributed by atoms with Gasteiger partial charge in [-0.15, -0.1) is 6.58 Å². The van der Waals surface area contributed by atoms with Crippen LogP contribution in [0.4, 0.5) is 0 Å². The molecule has 0 heterocycles. The molecule has 0 bridgehead atoms. The molecule has 2 nitrogen and oxygen atoms in total. The molecule has 0 fully saturated rings. The molecule has 0 aromatic heterocycles. The van der Waals surface area contributed by atoms with Crippen LogP contribution in [0.15, 0.2) is 42.9 Å². The Morgan fingerprint density at radius 3 is 2.44 bits per heavy atom. The summed E-state index contributed by atoms with van der Waals surface area (Å²) < 4.78 is 5.57. The maximum atomic E-state index is 5.57. The van der Waals surface area contributed by atoms with E-state index in [1.807, 2.05) is 19.9 Å². The Labute approximate surface area is 154 Å². The Hall–Kier alpha value is -1.93. The number of hydrogen-bond donors (Lipinski definition) is 0. The van der Waals surface area contributed by atoms with Crippen molar-refractivity contribution in [1.29, 1.82) is 0 Å². The van der Waals surface area contributed by atoms with Crippen LogP contribution >= 0.6 is 0 Å². The molecular formula is C23H33NO. The normalized spacial score (nSPS) is 11.4. The average Bonchev–Trinajstić information content (AvgIpc) is 2.58. The van der Waals surface area contributed by atoms with Crippen molar-refractivity contribution in [3.05, 3.63) is 60.2 Å². The Morgan fingerprint density at radius 1 is 1.12 bits per heavy atom. The van der Waals surface area contributed by atoms with Crippen molar-refractivity contribution in [3.8, 4) is 0 Å². The van der Waals surface area contributed by atoms with Crippen LogP contribution in [-0.4, -0.2) is 25.5 Å². The van der Waals surface area contributed by atoms with Crippen molar-refractivity contribution in [1.82, 2.24) is 0 Å². The fourth-order valence-electron chi connectivity index (χ4n) is 2.80. The second-order valence-electron chi connectivity index (χ2n) is 6.53. The molecule has 0 aliphatic carbocycles. The minimum atomic E-state index is 0.625. The molecule has 0 saturated heterocycles. The second-order valence-corrected chi connectivity index (χ2v) is 6.53.